The molecular formula is C18H19N3O5S. The van der Waals surface area contributed by atoms with Crippen molar-refractivity contribution in [2.45, 2.75) is 26.3 Å². The first-order valence-electron chi connectivity index (χ1n) is 8.54. The summed E-state index contributed by atoms with van der Waals surface area (Å²) in [6, 6.07) is 4.90. The maximum Gasteiger partial charge on any atom is 0.338 e. The van der Waals surface area contributed by atoms with E-state index in [4.69, 9.17) is 9.15 Å². The summed E-state index contributed by atoms with van der Waals surface area (Å²) >= 11 is 0. The van der Waals surface area contributed by atoms with Crippen LogP contribution in [0, 0.1) is 13.8 Å². The van der Waals surface area contributed by atoms with Crippen molar-refractivity contribution in [3.8, 4) is 11.5 Å². The molecule has 0 spiro atoms. The van der Waals surface area contributed by atoms with Gasteiger partial charge in [-0.25, -0.2) is 22.9 Å². The van der Waals surface area contributed by atoms with Gasteiger partial charge in [-0.1, -0.05) is 0 Å². The van der Waals surface area contributed by atoms with Crippen LogP contribution in [-0.4, -0.2) is 47.8 Å². The van der Waals surface area contributed by atoms with Crippen LogP contribution in [0.4, 0.5) is 0 Å². The van der Waals surface area contributed by atoms with E-state index in [1.165, 1.54) is 7.11 Å². The lowest BCUT2D eigenvalue weighted by Crippen LogP contribution is -2.13. The van der Waals surface area contributed by atoms with Crippen molar-refractivity contribution in [3.05, 3.63) is 35.2 Å². The predicted octanol–water partition coefficient (Wildman–Crippen LogP) is 2.45. The number of hydrogen-bond donors (Lipinski definition) is 0. The molecule has 9 heteroatoms. The smallest absolute Gasteiger partial charge is 0.338 e. The van der Waals surface area contributed by atoms with Gasteiger partial charge in [0.25, 0.3) is 0 Å². The SMILES string of the molecule is COC(=O)c1cc(-c2ccc(C)o2)nc2c1c(C)nn2[C@H]1CCS(=O)(=O)C1. The van der Waals surface area contributed by atoms with Gasteiger partial charge >= 0.3 is 5.97 Å². The summed E-state index contributed by atoms with van der Waals surface area (Å²) in [5.74, 6) is 0.873. The highest BCUT2D eigenvalue weighted by Gasteiger charge is 2.32. The highest BCUT2D eigenvalue weighted by molar-refractivity contribution is 7.91. The summed E-state index contributed by atoms with van der Waals surface area (Å²) in [7, 11) is -1.78. The van der Waals surface area contributed by atoms with Crippen LogP contribution >= 0.6 is 0 Å². The quantitative estimate of drug-likeness (QED) is 0.634. The number of esters is 1. The molecule has 0 saturated carbocycles. The van der Waals surface area contributed by atoms with Gasteiger partial charge in [0.05, 0.1) is 41.3 Å². The van der Waals surface area contributed by atoms with Crippen LogP contribution in [0.2, 0.25) is 0 Å². The molecular weight excluding hydrogens is 370 g/mol. The van der Waals surface area contributed by atoms with Crippen molar-refractivity contribution >= 4 is 26.8 Å². The van der Waals surface area contributed by atoms with E-state index in [2.05, 4.69) is 10.1 Å². The summed E-state index contributed by atoms with van der Waals surface area (Å²) in [5.41, 5.74) is 1.86. The Hall–Kier alpha value is -2.68. The van der Waals surface area contributed by atoms with Crippen molar-refractivity contribution in [1.82, 2.24) is 14.8 Å². The number of hydrogen-bond acceptors (Lipinski definition) is 7. The van der Waals surface area contributed by atoms with Gasteiger partial charge in [-0.2, -0.15) is 5.10 Å². The number of fused-ring (bicyclic) bond motifs is 1. The van der Waals surface area contributed by atoms with Crippen LogP contribution in [0.3, 0.4) is 0 Å². The second-order valence-electron chi connectivity index (χ2n) is 6.74. The molecule has 3 aromatic heterocycles. The average Bonchev–Trinajstić information content (AvgIpc) is 3.31. The van der Waals surface area contributed by atoms with Gasteiger partial charge in [0.1, 0.15) is 11.5 Å². The monoisotopic (exact) mass is 389 g/mol. The van der Waals surface area contributed by atoms with E-state index < -0.39 is 15.8 Å². The van der Waals surface area contributed by atoms with Crippen molar-refractivity contribution < 1.29 is 22.4 Å². The van der Waals surface area contributed by atoms with Crippen LogP contribution in [0.1, 0.15) is 34.3 Å². The van der Waals surface area contributed by atoms with Gasteiger partial charge < -0.3 is 9.15 Å². The minimum atomic E-state index is -3.09. The molecule has 27 heavy (non-hydrogen) atoms. The van der Waals surface area contributed by atoms with Crippen molar-refractivity contribution in [3.63, 3.8) is 0 Å². The number of ether oxygens (including phenoxy) is 1. The minimum Gasteiger partial charge on any atom is -0.465 e. The Bertz CT molecular complexity index is 1160. The first kappa shape index (κ1) is 17.7. The summed E-state index contributed by atoms with van der Waals surface area (Å²) in [5, 5.41) is 5.07. The lowest BCUT2D eigenvalue weighted by Gasteiger charge is -2.11. The molecule has 0 unspecified atom stereocenters. The third-order valence-corrected chi connectivity index (χ3v) is 6.54. The fraction of sp³-hybridized carbons (Fsp3) is 0.389. The van der Waals surface area contributed by atoms with E-state index in [1.54, 1.807) is 23.7 Å². The molecule has 0 bridgehead atoms. The van der Waals surface area contributed by atoms with Crippen LogP contribution < -0.4 is 0 Å². The third kappa shape index (κ3) is 3.01. The molecule has 1 saturated heterocycles. The standard InChI is InChI=1S/C18H19N3O5S/c1-10-4-5-15(26-10)14-8-13(18(22)25-3)16-11(2)20-21(17(16)19-14)12-6-7-27(23,24)9-12/h4-5,8,12H,6-7,9H2,1-3H3/t12-/m0/s1. The highest BCUT2D eigenvalue weighted by atomic mass is 32.2. The Morgan fingerprint density at radius 1 is 1.33 bits per heavy atom. The molecule has 4 heterocycles. The molecule has 0 amide bonds. The number of furan rings is 1. The second-order valence-corrected chi connectivity index (χ2v) is 8.97. The first-order chi connectivity index (χ1) is 12.8. The number of aryl methyl sites for hydroxylation is 2. The number of methoxy groups -OCH3 is 1. The van der Waals surface area contributed by atoms with E-state index in [9.17, 15) is 13.2 Å². The van der Waals surface area contributed by atoms with E-state index in [0.29, 0.717) is 40.2 Å². The number of carbonyl (C=O) groups excluding carboxylic acids is 1. The molecule has 1 aliphatic heterocycles. The van der Waals surface area contributed by atoms with Gasteiger partial charge in [0.2, 0.25) is 0 Å². The zero-order valence-corrected chi connectivity index (χ0v) is 16.0. The summed E-state index contributed by atoms with van der Waals surface area (Å²) < 4.78 is 36.0. The van der Waals surface area contributed by atoms with Crippen LogP contribution in [0.15, 0.2) is 22.6 Å². The molecule has 1 aliphatic rings. The summed E-state index contributed by atoms with van der Waals surface area (Å²) in [6.07, 6.45) is 0.470. The molecule has 8 nitrogen and oxygen atoms in total. The molecule has 4 rings (SSSR count). The van der Waals surface area contributed by atoms with Gasteiger partial charge in [-0.05, 0) is 38.5 Å². The Kier molecular flexibility index (Phi) is 4.06. The molecule has 1 fully saturated rings. The molecule has 1 atom stereocenters. The van der Waals surface area contributed by atoms with Crippen LogP contribution in [0.5, 0.6) is 0 Å². The lowest BCUT2D eigenvalue weighted by molar-refractivity contribution is 0.0603. The highest BCUT2D eigenvalue weighted by Crippen LogP contribution is 2.32. The van der Waals surface area contributed by atoms with Gasteiger partial charge in [-0.15, -0.1) is 0 Å². The van der Waals surface area contributed by atoms with Gasteiger partial charge in [-0.3, -0.25) is 0 Å². The minimum absolute atomic E-state index is 0.0164. The van der Waals surface area contributed by atoms with Crippen molar-refractivity contribution in [2.75, 3.05) is 18.6 Å². The Labute approximate surface area is 156 Å². The maximum absolute atomic E-state index is 12.4. The van der Waals surface area contributed by atoms with Crippen LogP contribution in [0.25, 0.3) is 22.5 Å². The largest absolute Gasteiger partial charge is 0.465 e. The van der Waals surface area contributed by atoms with E-state index in [0.717, 1.165) is 5.76 Å². The molecule has 0 radical (unpaired) electrons. The molecule has 142 valence electrons. The molecule has 0 aliphatic carbocycles. The fourth-order valence-corrected chi connectivity index (χ4v) is 5.20. The number of carbonyl (C=O) groups is 1. The Balaban J connectivity index is 1.97. The fourth-order valence-electron chi connectivity index (χ4n) is 3.51. The summed E-state index contributed by atoms with van der Waals surface area (Å²) in [4.78, 5) is 17.0. The number of aromatic nitrogens is 3. The first-order valence-corrected chi connectivity index (χ1v) is 10.4. The topological polar surface area (TPSA) is 104 Å². The van der Waals surface area contributed by atoms with E-state index in [1.807, 2.05) is 13.0 Å². The van der Waals surface area contributed by atoms with Gasteiger partial charge in [0.15, 0.2) is 21.2 Å². The normalized spacial score (nSPS) is 18.9. The zero-order valence-electron chi connectivity index (χ0n) is 15.2. The number of rotatable bonds is 3. The van der Waals surface area contributed by atoms with Crippen molar-refractivity contribution in [2.24, 2.45) is 0 Å². The number of sulfone groups is 1. The maximum atomic E-state index is 12.4. The van der Waals surface area contributed by atoms with Gasteiger partial charge in [0, 0.05) is 0 Å². The zero-order chi connectivity index (χ0) is 19.3. The molecule has 0 aromatic carbocycles. The van der Waals surface area contributed by atoms with E-state index in [-0.39, 0.29) is 17.5 Å². The molecule has 0 N–H and O–H groups in total. The Morgan fingerprint density at radius 2 is 2.11 bits per heavy atom. The van der Waals surface area contributed by atoms with Crippen molar-refractivity contribution in [1.29, 1.82) is 0 Å². The molecule has 3 aromatic rings. The van der Waals surface area contributed by atoms with Crippen LogP contribution in [-0.2, 0) is 14.6 Å². The number of nitrogens with zero attached hydrogens (tertiary/aromatic N) is 3. The lowest BCUT2D eigenvalue weighted by atomic mass is 10.1. The predicted molar refractivity (Wildman–Crippen MR) is 98.4 cm³/mol. The van der Waals surface area contributed by atoms with E-state index >= 15 is 0 Å². The number of pyridine rings is 1. The summed E-state index contributed by atoms with van der Waals surface area (Å²) in [6.45, 7) is 3.59. The average molecular weight is 389 g/mol. The third-order valence-electron chi connectivity index (χ3n) is 4.79. The Morgan fingerprint density at radius 3 is 2.70 bits per heavy atom. The second kappa shape index (κ2) is 6.19.